The number of halogens is 4. The van der Waals surface area contributed by atoms with Crippen LogP contribution in [0.5, 0.6) is 0 Å². The van der Waals surface area contributed by atoms with E-state index in [4.69, 9.17) is 39.5 Å². The third kappa shape index (κ3) is 4.44. The van der Waals surface area contributed by atoms with Crippen LogP contribution in [0.4, 0.5) is 10.2 Å². The number of nitrogens with zero attached hydrogens (tertiary/aromatic N) is 3. The molecule has 0 amide bonds. The summed E-state index contributed by atoms with van der Waals surface area (Å²) in [6.45, 7) is 5.48. The maximum Gasteiger partial charge on any atom is 0.165 e. The van der Waals surface area contributed by atoms with Gasteiger partial charge in [-0.15, -0.1) is 11.6 Å². The minimum Gasteiger partial charge on any atom is -0.369 e. The molecule has 4 heterocycles. The standard InChI is InChI=1S/C23H27Cl3FN5O/c1-11-21(26)20(16(25)10-28-11)12(2)33-19-7-14-18(8-15(19)24)30-31-22(14)13-6-17(27)23(29-9-13)32-4-3-5-32/h6,9-10,12,14-15,18-19,22,30-31H,3-5,7-8H2,1-2H3/t12-,14?,15?,18?,19?,22?/m1/s1. The van der Waals surface area contributed by atoms with Crippen molar-refractivity contribution in [2.24, 2.45) is 5.92 Å². The van der Waals surface area contributed by atoms with Gasteiger partial charge in [-0.3, -0.25) is 10.4 Å². The van der Waals surface area contributed by atoms with Crippen LogP contribution in [-0.2, 0) is 4.74 Å². The molecule has 5 rings (SSSR count). The molecule has 0 spiro atoms. The van der Waals surface area contributed by atoms with Crippen LogP contribution in [-0.4, -0.2) is 40.6 Å². The second kappa shape index (κ2) is 9.44. The molecule has 33 heavy (non-hydrogen) atoms. The lowest BCUT2D eigenvalue weighted by Crippen LogP contribution is -2.44. The molecule has 6 nitrogen and oxygen atoms in total. The van der Waals surface area contributed by atoms with Gasteiger partial charge in [0.15, 0.2) is 11.6 Å². The fourth-order valence-corrected chi connectivity index (χ4v) is 6.12. The van der Waals surface area contributed by atoms with E-state index in [1.165, 1.54) is 0 Å². The number of hydrogen-bond acceptors (Lipinski definition) is 6. The summed E-state index contributed by atoms with van der Waals surface area (Å²) in [5.41, 5.74) is 8.94. The number of hydrazine groups is 1. The lowest BCUT2D eigenvalue weighted by atomic mass is 9.78. The highest BCUT2D eigenvalue weighted by Gasteiger charge is 2.45. The van der Waals surface area contributed by atoms with Crippen molar-refractivity contribution in [1.82, 2.24) is 20.8 Å². The summed E-state index contributed by atoms with van der Waals surface area (Å²) in [7, 11) is 0. The van der Waals surface area contributed by atoms with Crippen molar-refractivity contribution in [3.63, 3.8) is 0 Å². The highest BCUT2D eigenvalue weighted by Crippen LogP contribution is 2.43. The number of rotatable bonds is 5. The highest BCUT2D eigenvalue weighted by atomic mass is 35.5. The third-order valence-corrected chi connectivity index (χ3v) is 8.32. The Labute approximate surface area is 208 Å². The zero-order valence-corrected chi connectivity index (χ0v) is 20.8. The number of hydrogen-bond donors (Lipinski definition) is 2. The van der Waals surface area contributed by atoms with Crippen molar-refractivity contribution in [2.45, 2.75) is 62.8 Å². The smallest absolute Gasteiger partial charge is 0.165 e. The Kier molecular flexibility index (Phi) is 6.73. The Morgan fingerprint density at radius 1 is 1.18 bits per heavy atom. The molecule has 3 fully saturated rings. The summed E-state index contributed by atoms with van der Waals surface area (Å²) in [6.07, 6.45) is 5.35. The first-order chi connectivity index (χ1) is 15.8. The summed E-state index contributed by atoms with van der Waals surface area (Å²) in [4.78, 5) is 10.6. The van der Waals surface area contributed by atoms with Crippen molar-refractivity contribution in [3.8, 4) is 0 Å². The van der Waals surface area contributed by atoms with Gasteiger partial charge in [0.05, 0.1) is 39.4 Å². The van der Waals surface area contributed by atoms with Crippen molar-refractivity contribution >= 4 is 40.6 Å². The third-order valence-electron chi connectivity index (χ3n) is 7.08. The molecular weight excluding hydrogens is 488 g/mol. The molecule has 3 aliphatic rings. The molecule has 6 atom stereocenters. The summed E-state index contributed by atoms with van der Waals surface area (Å²) in [5, 5.41) is 0.815. The van der Waals surface area contributed by atoms with E-state index in [0.29, 0.717) is 28.0 Å². The molecule has 1 saturated carbocycles. The molecule has 2 aromatic rings. The van der Waals surface area contributed by atoms with E-state index >= 15 is 0 Å². The maximum absolute atomic E-state index is 14.8. The van der Waals surface area contributed by atoms with Crippen LogP contribution < -0.4 is 15.8 Å². The van der Waals surface area contributed by atoms with Crippen LogP contribution in [0.2, 0.25) is 10.0 Å². The minimum atomic E-state index is -0.342. The molecule has 2 N–H and O–H groups in total. The van der Waals surface area contributed by atoms with Gasteiger partial charge in [0, 0.05) is 37.1 Å². The first-order valence-electron chi connectivity index (χ1n) is 11.3. The van der Waals surface area contributed by atoms with Crippen LogP contribution in [0.25, 0.3) is 0 Å². The average Bonchev–Trinajstić information content (AvgIpc) is 3.14. The summed E-state index contributed by atoms with van der Waals surface area (Å²) in [5.74, 6) is 0.342. The summed E-state index contributed by atoms with van der Waals surface area (Å²) < 4.78 is 21.2. The number of aryl methyl sites for hydroxylation is 1. The van der Waals surface area contributed by atoms with E-state index in [-0.39, 0.29) is 41.4 Å². The Morgan fingerprint density at radius 2 is 1.97 bits per heavy atom. The molecule has 0 radical (unpaired) electrons. The molecular formula is C23H27Cl3FN5O. The number of nitrogens with one attached hydrogen (secondary N) is 2. The molecule has 178 valence electrons. The number of alkyl halides is 1. The number of aromatic nitrogens is 2. The summed E-state index contributed by atoms with van der Waals surface area (Å²) in [6, 6.07) is 1.69. The van der Waals surface area contributed by atoms with Crippen LogP contribution in [0.1, 0.15) is 55.2 Å². The quantitative estimate of drug-likeness (QED) is 0.540. The number of anilines is 1. The Bertz CT molecular complexity index is 1040. The molecule has 0 aromatic carbocycles. The SMILES string of the molecule is Cc1ncc(Cl)c([C@@H](C)OC2CC3C(CC2Cl)NNC3c2cnc(N3CCC3)c(F)c2)c1Cl. The van der Waals surface area contributed by atoms with Gasteiger partial charge in [0.2, 0.25) is 0 Å². The van der Waals surface area contributed by atoms with E-state index in [2.05, 4.69) is 20.8 Å². The lowest BCUT2D eigenvalue weighted by Gasteiger charge is -2.38. The maximum atomic E-state index is 14.8. The molecule has 1 aliphatic carbocycles. The number of pyridine rings is 2. The van der Waals surface area contributed by atoms with Gasteiger partial charge in [-0.05, 0) is 50.7 Å². The normalized spacial score (nSPS) is 30.1. The highest BCUT2D eigenvalue weighted by molar-refractivity contribution is 6.36. The van der Waals surface area contributed by atoms with Crippen LogP contribution >= 0.6 is 34.8 Å². The average molecular weight is 515 g/mol. The molecule has 2 aliphatic heterocycles. The minimum absolute atomic E-state index is 0.0802. The van der Waals surface area contributed by atoms with Gasteiger partial charge in [-0.2, -0.15) is 0 Å². The molecule has 2 saturated heterocycles. The predicted molar refractivity (Wildman–Crippen MR) is 128 cm³/mol. The topological polar surface area (TPSA) is 62.3 Å². The Hall–Kier alpha value is -1.22. The van der Waals surface area contributed by atoms with Crippen molar-refractivity contribution in [3.05, 3.63) is 51.1 Å². The fourth-order valence-electron chi connectivity index (χ4n) is 5.12. The first-order valence-corrected chi connectivity index (χ1v) is 12.5. The van der Waals surface area contributed by atoms with E-state index in [1.807, 2.05) is 18.7 Å². The molecule has 10 heteroatoms. The Morgan fingerprint density at radius 3 is 2.67 bits per heavy atom. The molecule has 2 aromatic heterocycles. The van der Waals surface area contributed by atoms with Gasteiger partial charge in [0.25, 0.3) is 0 Å². The van der Waals surface area contributed by atoms with E-state index in [0.717, 1.165) is 37.1 Å². The zero-order chi connectivity index (χ0) is 23.3. The fraction of sp³-hybridized carbons (Fsp3) is 0.565. The second-order valence-electron chi connectivity index (χ2n) is 9.17. The van der Waals surface area contributed by atoms with Crippen LogP contribution in [0.3, 0.4) is 0 Å². The van der Waals surface area contributed by atoms with E-state index in [9.17, 15) is 4.39 Å². The van der Waals surface area contributed by atoms with Crippen molar-refractivity contribution in [2.75, 3.05) is 18.0 Å². The van der Waals surface area contributed by atoms with Gasteiger partial charge < -0.3 is 9.64 Å². The lowest BCUT2D eigenvalue weighted by molar-refractivity contribution is -0.0343. The van der Waals surface area contributed by atoms with Crippen molar-refractivity contribution < 1.29 is 9.13 Å². The predicted octanol–water partition coefficient (Wildman–Crippen LogP) is 5.12. The van der Waals surface area contributed by atoms with Gasteiger partial charge in [0.1, 0.15) is 0 Å². The zero-order valence-electron chi connectivity index (χ0n) is 18.5. The van der Waals surface area contributed by atoms with E-state index < -0.39 is 0 Å². The second-order valence-corrected chi connectivity index (χ2v) is 10.5. The van der Waals surface area contributed by atoms with Gasteiger partial charge in [-0.1, -0.05) is 23.2 Å². The van der Waals surface area contributed by atoms with E-state index in [1.54, 1.807) is 18.5 Å². The number of fused-ring (bicyclic) bond motifs is 1. The van der Waals surface area contributed by atoms with Crippen LogP contribution in [0.15, 0.2) is 18.5 Å². The van der Waals surface area contributed by atoms with Crippen LogP contribution in [0, 0.1) is 18.7 Å². The van der Waals surface area contributed by atoms with Crippen molar-refractivity contribution in [1.29, 1.82) is 0 Å². The first kappa shape index (κ1) is 23.5. The largest absolute Gasteiger partial charge is 0.369 e. The monoisotopic (exact) mass is 513 g/mol. The van der Waals surface area contributed by atoms with Gasteiger partial charge in [-0.25, -0.2) is 14.8 Å². The number of ether oxygens (including phenoxy) is 1. The summed E-state index contributed by atoms with van der Waals surface area (Å²) >= 11 is 19.6. The molecule has 0 bridgehead atoms. The van der Waals surface area contributed by atoms with Gasteiger partial charge >= 0.3 is 0 Å². The molecule has 5 unspecified atom stereocenters. The Balaban J connectivity index is 1.33.